The van der Waals surface area contributed by atoms with E-state index >= 15 is 0 Å². The fourth-order valence-corrected chi connectivity index (χ4v) is 2.07. The number of ether oxygens (including phenoxy) is 6. The molecule has 0 saturated carbocycles. The molecule has 0 aromatic carbocycles. The highest BCUT2D eigenvalue weighted by Gasteiger charge is 2.01. The number of likely N-dealkylation sites (N-methyl/N-ethyl adjacent to an activating group) is 1. The van der Waals surface area contributed by atoms with E-state index in [0.717, 1.165) is 6.54 Å². The Labute approximate surface area is 185 Å². The van der Waals surface area contributed by atoms with Gasteiger partial charge in [0.15, 0.2) is 0 Å². The van der Waals surface area contributed by atoms with Gasteiger partial charge >= 0.3 is 0 Å². The Balaban J connectivity index is 3.16. The summed E-state index contributed by atoms with van der Waals surface area (Å²) in [6.45, 7) is 9.04. The van der Waals surface area contributed by atoms with E-state index in [1.807, 2.05) is 7.05 Å². The highest BCUT2D eigenvalue weighted by atomic mass is 16.6. The Bertz CT molecular complexity index is 416. The summed E-state index contributed by atoms with van der Waals surface area (Å²) in [5.41, 5.74) is 0. The Morgan fingerprint density at radius 3 is 1.39 bits per heavy atom. The van der Waals surface area contributed by atoms with Crippen LogP contribution in [0.4, 0.5) is 0 Å². The van der Waals surface area contributed by atoms with E-state index in [1.54, 1.807) is 0 Å². The largest absolute Gasteiger partial charge is 0.379 e. The highest BCUT2D eigenvalue weighted by Crippen LogP contribution is 1.86. The zero-order valence-electron chi connectivity index (χ0n) is 19.1. The minimum absolute atomic E-state index is 0.0757. The van der Waals surface area contributed by atoms with Gasteiger partial charge < -0.3 is 44.4 Å². The lowest BCUT2D eigenvalue weighted by molar-refractivity contribution is -0.122. The molecule has 0 bridgehead atoms. The summed E-state index contributed by atoms with van der Waals surface area (Å²) < 4.78 is 32.1. The molecule has 0 unspecified atom stereocenters. The first-order chi connectivity index (χ1) is 15.2. The third-order valence-corrected chi connectivity index (χ3v) is 3.65. The number of hydrogen-bond donors (Lipinski definition) is 3. The maximum absolute atomic E-state index is 11.7. The first-order valence-electron chi connectivity index (χ1n) is 10.8. The molecule has 0 heterocycles. The molecular weight excluding hydrogens is 410 g/mol. The number of carbonyl (C=O) groups excluding carboxylic acids is 2. The molecule has 2 amide bonds. The van der Waals surface area contributed by atoms with E-state index in [0.29, 0.717) is 98.8 Å². The highest BCUT2D eigenvalue weighted by molar-refractivity contribution is 5.75. The van der Waals surface area contributed by atoms with E-state index in [-0.39, 0.29) is 11.8 Å². The molecule has 0 rings (SSSR count). The molecule has 11 heteroatoms. The molecular formula is C20H41N3O8. The van der Waals surface area contributed by atoms with Crippen molar-refractivity contribution in [3.05, 3.63) is 0 Å². The summed E-state index contributed by atoms with van der Waals surface area (Å²) >= 11 is 0. The zero-order valence-corrected chi connectivity index (χ0v) is 19.1. The van der Waals surface area contributed by atoms with Gasteiger partial charge in [0, 0.05) is 33.0 Å². The van der Waals surface area contributed by atoms with E-state index < -0.39 is 0 Å². The molecule has 0 aromatic rings. The fourth-order valence-electron chi connectivity index (χ4n) is 2.07. The van der Waals surface area contributed by atoms with Gasteiger partial charge in [-0.25, -0.2) is 0 Å². The van der Waals surface area contributed by atoms with Crippen molar-refractivity contribution < 1.29 is 38.0 Å². The lowest BCUT2D eigenvalue weighted by Crippen LogP contribution is -2.28. The van der Waals surface area contributed by atoms with E-state index in [1.165, 1.54) is 6.92 Å². The van der Waals surface area contributed by atoms with Crippen LogP contribution in [-0.4, -0.2) is 118 Å². The van der Waals surface area contributed by atoms with Crippen LogP contribution < -0.4 is 16.0 Å². The minimum Gasteiger partial charge on any atom is -0.379 e. The van der Waals surface area contributed by atoms with Crippen LogP contribution in [0.5, 0.6) is 0 Å². The molecule has 11 nitrogen and oxygen atoms in total. The summed E-state index contributed by atoms with van der Waals surface area (Å²) in [6, 6.07) is 0. The average molecular weight is 452 g/mol. The molecule has 0 fully saturated rings. The second kappa shape index (κ2) is 24.9. The van der Waals surface area contributed by atoms with E-state index in [4.69, 9.17) is 28.4 Å². The molecule has 0 atom stereocenters. The number of amides is 2. The van der Waals surface area contributed by atoms with Crippen LogP contribution in [0.3, 0.4) is 0 Å². The number of nitrogens with one attached hydrogen (secondary N) is 3. The molecule has 0 aliphatic heterocycles. The van der Waals surface area contributed by atoms with Crippen LogP contribution >= 0.6 is 0 Å². The molecule has 184 valence electrons. The Kier molecular flexibility index (Phi) is 23.8. The van der Waals surface area contributed by atoms with Crippen molar-refractivity contribution in [2.75, 3.05) is 106 Å². The lowest BCUT2D eigenvalue weighted by atomic mass is 10.4. The Morgan fingerprint density at radius 1 is 0.548 bits per heavy atom. The third kappa shape index (κ3) is 26.6. The van der Waals surface area contributed by atoms with Crippen LogP contribution in [0.2, 0.25) is 0 Å². The van der Waals surface area contributed by atoms with E-state index in [9.17, 15) is 9.59 Å². The van der Waals surface area contributed by atoms with Gasteiger partial charge in [0.2, 0.25) is 11.8 Å². The smallest absolute Gasteiger partial charge is 0.222 e. The van der Waals surface area contributed by atoms with Crippen molar-refractivity contribution in [1.82, 2.24) is 16.0 Å². The number of rotatable bonds is 24. The standard InChI is InChI=1S/C20H41N3O8/c1-19(24)22-5-9-28-12-13-29-10-6-23-20(25)3-7-26-11-15-30-17-18-31-16-14-27-8-4-21-2/h21H,3-18H2,1-2H3,(H,22,24)(H,23,25). The van der Waals surface area contributed by atoms with Gasteiger partial charge in [0.1, 0.15) is 0 Å². The van der Waals surface area contributed by atoms with Crippen LogP contribution in [0.1, 0.15) is 13.3 Å². The van der Waals surface area contributed by atoms with Gasteiger partial charge in [-0.15, -0.1) is 0 Å². The number of carbonyl (C=O) groups is 2. The molecule has 0 aliphatic rings. The first-order valence-corrected chi connectivity index (χ1v) is 10.8. The summed E-state index contributed by atoms with van der Waals surface area (Å²) in [4.78, 5) is 22.3. The van der Waals surface area contributed by atoms with Gasteiger partial charge in [-0.05, 0) is 7.05 Å². The monoisotopic (exact) mass is 451 g/mol. The third-order valence-electron chi connectivity index (χ3n) is 3.65. The normalized spacial score (nSPS) is 10.9. The second-order valence-corrected chi connectivity index (χ2v) is 6.36. The first kappa shape index (κ1) is 29.7. The summed E-state index contributed by atoms with van der Waals surface area (Å²) in [6.07, 6.45) is 0.295. The van der Waals surface area contributed by atoms with Crippen molar-refractivity contribution in [3.63, 3.8) is 0 Å². The molecule has 0 spiro atoms. The van der Waals surface area contributed by atoms with Crippen molar-refractivity contribution in [2.24, 2.45) is 0 Å². The van der Waals surface area contributed by atoms with Gasteiger partial charge in [0.05, 0.1) is 79.3 Å². The summed E-state index contributed by atoms with van der Waals surface area (Å²) in [5.74, 6) is -0.158. The quantitative estimate of drug-likeness (QED) is 0.158. The predicted molar refractivity (Wildman–Crippen MR) is 115 cm³/mol. The predicted octanol–water partition coefficient (Wildman–Crippen LogP) is -1.05. The second-order valence-electron chi connectivity index (χ2n) is 6.36. The molecule has 3 N–H and O–H groups in total. The van der Waals surface area contributed by atoms with Gasteiger partial charge in [-0.2, -0.15) is 0 Å². The van der Waals surface area contributed by atoms with Gasteiger partial charge in [0.25, 0.3) is 0 Å². The molecule has 31 heavy (non-hydrogen) atoms. The maximum atomic E-state index is 11.7. The molecule has 0 saturated heterocycles. The Hall–Kier alpha value is -1.34. The number of hydrogen-bond acceptors (Lipinski definition) is 9. The summed E-state index contributed by atoms with van der Waals surface area (Å²) in [5, 5.41) is 8.40. The topological polar surface area (TPSA) is 126 Å². The van der Waals surface area contributed by atoms with Crippen LogP contribution in [-0.2, 0) is 38.0 Å². The fraction of sp³-hybridized carbons (Fsp3) is 0.900. The van der Waals surface area contributed by atoms with Crippen LogP contribution in [0.25, 0.3) is 0 Å². The maximum Gasteiger partial charge on any atom is 0.222 e. The van der Waals surface area contributed by atoms with Gasteiger partial charge in [-0.1, -0.05) is 0 Å². The average Bonchev–Trinajstić information content (AvgIpc) is 2.75. The molecule has 0 aromatic heterocycles. The van der Waals surface area contributed by atoms with Crippen molar-refractivity contribution in [3.8, 4) is 0 Å². The Morgan fingerprint density at radius 2 is 0.935 bits per heavy atom. The van der Waals surface area contributed by atoms with Gasteiger partial charge in [-0.3, -0.25) is 9.59 Å². The molecule has 0 radical (unpaired) electrons. The minimum atomic E-state index is -0.0820. The summed E-state index contributed by atoms with van der Waals surface area (Å²) in [7, 11) is 1.88. The van der Waals surface area contributed by atoms with Crippen LogP contribution in [0, 0.1) is 0 Å². The zero-order chi connectivity index (χ0) is 22.8. The van der Waals surface area contributed by atoms with Crippen LogP contribution in [0.15, 0.2) is 0 Å². The van der Waals surface area contributed by atoms with Crippen molar-refractivity contribution in [2.45, 2.75) is 13.3 Å². The SMILES string of the molecule is CNCCOCCOCCOCCOCCC(=O)NCCOCCOCCNC(C)=O. The van der Waals surface area contributed by atoms with Crippen molar-refractivity contribution in [1.29, 1.82) is 0 Å². The van der Waals surface area contributed by atoms with Crippen molar-refractivity contribution >= 4 is 11.8 Å². The lowest BCUT2D eigenvalue weighted by Gasteiger charge is -2.08. The van der Waals surface area contributed by atoms with E-state index in [2.05, 4.69) is 16.0 Å². The molecule has 0 aliphatic carbocycles.